The Balaban J connectivity index is 1.42. The van der Waals surface area contributed by atoms with Crippen LogP contribution in [-0.2, 0) is 14.3 Å². The molecule has 1 atom stereocenters. The minimum Gasteiger partial charge on any atom is -0.380 e. The van der Waals surface area contributed by atoms with E-state index < -0.39 is 5.79 Å². The Morgan fingerprint density at radius 2 is 1.62 bits per heavy atom. The zero-order chi connectivity index (χ0) is 16.5. The van der Waals surface area contributed by atoms with Crippen LogP contribution in [0.1, 0.15) is 51.9 Å². The molecule has 5 fully saturated rings. The topological polar surface area (TPSA) is 47.6 Å². The summed E-state index contributed by atoms with van der Waals surface area (Å²) in [5.74, 6) is 1.71. The predicted octanol–water partition coefficient (Wildman–Crippen LogP) is 3.35. The normalized spacial score (nSPS) is 43.9. The van der Waals surface area contributed by atoms with Crippen LogP contribution in [0.15, 0.2) is 10.7 Å². The second-order valence-corrected chi connectivity index (χ2v) is 9.26. The molecule has 0 aromatic carbocycles. The van der Waals surface area contributed by atoms with Gasteiger partial charge in [0.1, 0.15) is 5.03 Å². The molecule has 1 N–H and O–H groups in total. The first-order valence-electron chi connectivity index (χ1n) is 9.48. The smallest absolute Gasteiger partial charge is 0.219 e. The average molecular weight is 352 g/mol. The van der Waals surface area contributed by atoms with Gasteiger partial charge in [0.15, 0.2) is 5.78 Å². The van der Waals surface area contributed by atoms with Crippen molar-refractivity contribution in [2.45, 2.75) is 63.7 Å². The lowest BCUT2D eigenvalue weighted by molar-refractivity contribution is -0.143. The number of hydrogen-bond acceptors (Lipinski definition) is 4. The van der Waals surface area contributed by atoms with E-state index in [1.165, 1.54) is 38.5 Å². The summed E-state index contributed by atoms with van der Waals surface area (Å²) in [5.41, 5.74) is 1.04. The number of Topliss-reactive ketones (excluding diaryl/α,β-unsaturated/α-hetero) is 1. The van der Waals surface area contributed by atoms with Crippen molar-refractivity contribution >= 4 is 17.4 Å². The van der Waals surface area contributed by atoms with Gasteiger partial charge in [0, 0.05) is 6.04 Å². The van der Waals surface area contributed by atoms with Crippen LogP contribution in [-0.4, -0.2) is 30.8 Å². The van der Waals surface area contributed by atoms with E-state index in [4.69, 9.17) is 21.1 Å². The number of halogens is 1. The van der Waals surface area contributed by atoms with Gasteiger partial charge in [-0.2, -0.15) is 0 Å². The lowest BCUT2D eigenvalue weighted by Crippen LogP contribution is -2.56. The highest BCUT2D eigenvalue weighted by molar-refractivity contribution is 6.44. The Morgan fingerprint density at radius 3 is 2.17 bits per heavy atom. The third kappa shape index (κ3) is 2.15. The fourth-order valence-electron chi connectivity index (χ4n) is 6.64. The van der Waals surface area contributed by atoms with E-state index in [9.17, 15) is 4.79 Å². The van der Waals surface area contributed by atoms with Gasteiger partial charge in [-0.1, -0.05) is 11.6 Å². The van der Waals surface area contributed by atoms with E-state index in [0.717, 1.165) is 17.8 Å². The van der Waals surface area contributed by atoms with Gasteiger partial charge in [0.2, 0.25) is 5.79 Å². The quantitative estimate of drug-likeness (QED) is 0.847. The van der Waals surface area contributed by atoms with Crippen LogP contribution in [0.25, 0.3) is 0 Å². The molecule has 24 heavy (non-hydrogen) atoms. The lowest BCUT2D eigenvalue weighted by atomic mass is 9.48. The molecular formula is C19H26ClNO3. The van der Waals surface area contributed by atoms with E-state index in [2.05, 4.69) is 12.2 Å². The van der Waals surface area contributed by atoms with E-state index in [1.54, 1.807) is 0 Å². The zero-order valence-corrected chi connectivity index (χ0v) is 15.0. The number of carbonyl (C=O) groups is 1. The molecule has 4 nitrogen and oxygen atoms in total. The van der Waals surface area contributed by atoms with E-state index in [-0.39, 0.29) is 17.2 Å². The molecule has 4 saturated carbocycles. The van der Waals surface area contributed by atoms with Crippen molar-refractivity contribution in [1.82, 2.24) is 5.32 Å². The number of allylic oxidation sites excluding steroid dienone is 1. The summed E-state index contributed by atoms with van der Waals surface area (Å²) in [5, 5.41) is 3.91. The van der Waals surface area contributed by atoms with Crippen molar-refractivity contribution in [2.75, 3.05) is 13.2 Å². The van der Waals surface area contributed by atoms with Gasteiger partial charge < -0.3 is 14.8 Å². The molecule has 0 aromatic rings. The highest BCUT2D eigenvalue weighted by Crippen LogP contribution is 2.61. The maximum Gasteiger partial charge on any atom is 0.219 e. The Labute approximate surface area is 148 Å². The molecule has 132 valence electrons. The molecule has 5 heteroatoms. The number of rotatable bonds is 3. The molecule has 1 unspecified atom stereocenters. The van der Waals surface area contributed by atoms with Gasteiger partial charge in [-0.25, -0.2) is 0 Å². The Bertz CT molecular complexity index is 572. The molecule has 0 radical (unpaired) electrons. The summed E-state index contributed by atoms with van der Waals surface area (Å²) in [6.45, 7) is 3.32. The van der Waals surface area contributed by atoms with Crippen LogP contribution in [0.3, 0.4) is 0 Å². The summed E-state index contributed by atoms with van der Waals surface area (Å²) in [6, 6.07) is 0.297. The highest BCUT2D eigenvalue weighted by atomic mass is 35.5. The maximum atomic E-state index is 12.2. The summed E-state index contributed by atoms with van der Waals surface area (Å²) in [6.07, 6.45) is 8.47. The van der Waals surface area contributed by atoms with Crippen molar-refractivity contribution in [3.8, 4) is 0 Å². The van der Waals surface area contributed by atoms with Gasteiger partial charge in [-0.3, -0.25) is 4.79 Å². The highest BCUT2D eigenvalue weighted by Gasteiger charge is 2.56. The molecular weight excluding hydrogens is 326 g/mol. The molecule has 6 aliphatic rings. The van der Waals surface area contributed by atoms with Crippen molar-refractivity contribution in [3.63, 3.8) is 0 Å². The Kier molecular flexibility index (Phi) is 3.40. The first-order valence-corrected chi connectivity index (χ1v) is 9.85. The largest absolute Gasteiger partial charge is 0.380 e. The van der Waals surface area contributed by atoms with E-state index in [0.29, 0.717) is 30.4 Å². The van der Waals surface area contributed by atoms with Crippen molar-refractivity contribution < 1.29 is 14.3 Å². The summed E-state index contributed by atoms with van der Waals surface area (Å²) < 4.78 is 11.7. The SMILES string of the molecule is CC(NC1=C(Cl)C(=O)CC12OCCO2)C12CC3CC(CC(C3)C1)C2. The van der Waals surface area contributed by atoms with Gasteiger partial charge in [0.25, 0.3) is 0 Å². The number of hydrogen-bond donors (Lipinski definition) is 1. The first kappa shape index (κ1) is 15.7. The van der Waals surface area contributed by atoms with Crippen LogP contribution >= 0.6 is 11.6 Å². The zero-order valence-electron chi connectivity index (χ0n) is 14.3. The lowest BCUT2D eigenvalue weighted by Gasteiger charge is -2.59. The minimum atomic E-state index is -0.940. The maximum absolute atomic E-state index is 12.2. The van der Waals surface area contributed by atoms with Crippen LogP contribution in [0.5, 0.6) is 0 Å². The molecule has 4 bridgehead atoms. The molecule has 5 aliphatic carbocycles. The first-order chi connectivity index (χ1) is 11.5. The minimum absolute atomic E-state index is 0.0706. The fourth-order valence-corrected chi connectivity index (χ4v) is 6.90. The van der Waals surface area contributed by atoms with Gasteiger partial charge in [-0.15, -0.1) is 0 Å². The molecule has 0 aromatic heterocycles. The molecule has 1 saturated heterocycles. The number of carbonyl (C=O) groups excluding carboxylic acids is 1. The van der Waals surface area contributed by atoms with Crippen LogP contribution < -0.4 is 5.32 Å². The van der Waals surface area contributed by atoms with Gasteiger partial charge in [-0.05, 0) is 68.6 Å². The molecule has 1 spiro atoms. The van der Waals surface area contributed by atoms with Crippen molar-refractivity contribution in [2.24, 2.45) is 23.2 Å². The number of ether oxygens (including phenoxy) is 2. The Hall–Kier alpha value is -0.580. The second-order valence-electron chi connectivity index (χ2n) is 8.88. The third-order valence-corrected chi connectivity index (χ3v) is 7.76. The second kappa shape index (κ2) is 5.21. The van der Waals surface area contributed by atoms with Crippen molar-refractivity contribution in [3.05, 3.63) is 10.7 Å². The summed E-state index contributed by atoms with van der Waals surface area (Å²) >= 11 is 6.36. The number of nitrogens with one attached hydrogen (secondary N) is 1. The van der Waals surface area contributed by atoms with Gasteiger partial charge >= 0.3 is 0 Å². The van der Waals surface area contributed by atoms with Gasteiger partial charge in [0.05, 0.1) is 25.3 Å². The Morgan fingerprint density at radius 1 is 1.08 bits per heavy atom. The molecule has 6 rings (SSSR count). The molecule has 1 aliphatic heterocycles. The van der Waals surface area contributed by atoms with Crippen LogP contribution in [0, 0.1) is 23.2 Å². The molecule has 0 amide bonds. The van der Waals surface area contributed by atoms with Crippen LogP contribution in [0.4, 0.5) is 0 Å². The average Bonchev–Trinajstić information content (AvgIpc) is 3.07. The number of ketones is 1. The van der Waals surface area contributed by atoms with Crippen LogP contribution in [0.2, 0.25) is 0 Å². The standard InChI is InChI=1S/C19H26ClNO3/c1-11(18-7-12-4-13(8-18)6-14(5-12)9-18)21-17-16(20)15(22)10-19(17)23-2-3-24-19/h11-14,21H,2-10H2,1H3. The summed E-state index contributed by atoms with van der Waals surface area (Å²) in [4.78, 5) is 12.2. The van der Waals surface area contributed by atoms with Crippen molar-refractivity contribution in [1.29, 1.82) is 0 Å². The fraction of sp³-hybridized carbons (Fsp3) is 0.842. The summed E-state index contributed by atoms with van der Waals surface area (Å²) in [7, 11) is 0. The van der Waals surface area contributed by atoms with E-state index >= 15 is 0 Å². The van der Waals surface area contributed by atoms with E-state index in [1.807, 2.05) is 0 Å². The third-order valence-electron chi connectivity index (χ3n) is 7.36. The monoisotopic (exact) mass is 351 g/mol. The predicted molar refractivity (Wildman–Crippen MR) is 90.3 cm³/mol. The molecule has 1 heterocycles.